The van der Waals surface area contributed by atoms with Crippen molar-refractivity contribution in [2.45, 2.75) is 33.1 Å². The first kappa shape index (κ1) is 18.3. The summed E-state index contributed by atoms with van der Waals surface area (Å²) in [5.41, 5.74) is 0.988. The summed E-state index contributed by atoms with van der Waals surface area (Å²) in [6.45, 7) is 6.88. The lowest BCUT2D eigenvalue weighted by Crippen LogP contribution is -2.44. The van der Waals surface area contributed by atoms with E-state index in [2.05, 4.69) is 0 Å². The third kappa shape index (κ3) is 4.49. The number of likely N-dealkylation sites (tertiary alicyclic amines) is 1. The Morgan fingerprint density at radius 2 is 1.71 bits per heavy atom. The van der Waals surface area contributed by atoms with Crippen molar-refractivity contribution in [1.82, 2.24) is 9.80 Å². The summed E-state index contributed by atoms with van der Waals surface area (Å²) < 4.78 is 5.13. The molecule has 1 aliphatic heterocycles. The monoisotopic (exact) mass is 332 g/mol. The first-order valence-electron chi connectivity index (χ1n) is 8.78. The number of benzene rings is 1. The number of carbonyl (C=O) groups is 2. The molecule has 1 fully saturated rings. The van der Waals surface area contributed by atoms with E-state index in [1.165, 1.54) is 0 Å². The van der Waals surface area contributed by atoms with Crippen LogP contribution in [0.4, 0.5) is 0 Å². The molecule has 1 heterocycles. The van der Waals surface area contributed by atoms with Gasteiger partial charge in [0.25, 0.3) is 0 Å². The van der Waals surface area contributed by atoms with E-state index in [-0.39, 0.29) is 17.7 Å². The molecule has 1 saturated heterocycles. The van der Waals surface area contributed by atoms with E-state index in [4.69, 9.17) is 4.74 Å². The van der Waals surface area contributed by atoms with Gasteiger partial charge < -0.3 is 14.5 Å². The zero-order valence-electron chi connectivity index (χ0n) is 15.0. The van der Waals surface area contributed by atoms with Crippen LogP contribution in [0.5, 0.6) is 5.75 Å². The fourth-order valence-corrected chi connectivity index (χ4v) is 3.20. The molecule has 1 aliphatic rings. The first-order valence-corrected chi connectivity index (χ1v) is 8.78. The van der Waals surface area contributed by atoms with Gasteiger partial charge in [-0.25, -0.2) is 0 Å². The third-order valence-corrected chi connectivity index (χ3v) is 4.79. The van der Waals surface area contributed by atoms with Gasteiger partial charge in [-0.05, 0) is 44.4 Å². The van der Waals surface area contributed by atoms with E-state index in [0.717, 1.165) is 37.2 Å². The van der Waals surface area contributed by atoms with Crippen LogP contribution in [-0.4, -0.2) is 54.9 Å². The predicted octanol–water partition coefficient (Wildman–Crippen LogP) is 2.34. The molecule has 0 N–H and O–H groups in total. The van der Waals surface area contributed by atoms with Crippen LogP contribution in [-0.2, 0) is 16.0 Å². The third-order valence-electron chi connectivity index (χ3n) is 4.79. The molecule has 5 nitrogen and oxygen atoms in total. The van der Waals surface area contributed by atoms with Crippen LogP contribution in [0.25, 0.3) is 0 Å². The van der Waals surface area contributed by atoms with Gasteiger partial charge in [0.2, 0.25) is 11.8 Å². The van der Waals surface area contributed by atoms with E-state index >= 15 is 0 Å². The number of nitrogens with zero attached hydrogens (tertiary/aromatic N) is 2. The smallest absolute Gasteiger partial charge is 0.226 e. The van der Waals surface area contributed by atoms with Crippen LogP contribution in [0.3, 0.4) is 0 Å². The van der Waals surface area contributed by atoms with Crippen molar-refractivity contribution < 1.29 is 14.3 Å². The summed E-state index contributed by atoms with van der Waals surface area (Å²) in [4.78, 5) is 28.6. The lowest BCUT2D eigenvalue weighted by Gasteiger charge is -2.33. The molecule has 24 heavy (non-hydrogen) atoms. The average molecular weight is 332 g/mol. The van der Waals surface area contributed by atoms with E-state index in [9.17, 15) is 9.59 Å². The fraction of sp³-hybridized carbons (Fsp3) is 0.579. The molecule has 0 spiro atoms. The molecular formula is C19H28N2O3. The van der Waals surface area contributed by atoms with Gasteiger partial charge >= 0.3 is 0 Å². The molecule has 0 aromatic heterocycles. The Balaban J connectivity index is 1.84. The maximum Gasteiger partial charge on any atom is 0.226 e. The Morgan fingerprint density at radius 1 is 1.12 bits per heavy atom. The standard InChI is InChI=1S/C19H28N2O3/c1-4-20(5-2)19(23)16-10-12-21(13-11-16)18(22)14-15-6-8-17(24-3)9-7-15/h6-9,16H,4-5,10-14H2,1-3H3. The van der Waals surface area contributed by atoms with Crippen molar-refractivity contribution in [2.24, 2.45) is 5.92 Å². The molecule has 0 radical (unpaired) electrons. The number of methoxy groups -OCH3 is 1. The zero-order chi connectivity index (χ0) is 17.5. The van der Waals surface area contributed by atoms with Crippen molar-refractivity contribution >= 4 is 11.8 Å². The second-order valence-corrected chi connectivity index (χ2v) is 6.19. The molecule has 2 amide bonds. The molecule has 0 atom stereocenters. The molecule has 0 bridgehead atoms. The van der Waals surface area contributed by atoms with Crippen molar-refractivity contribution in [3.05, 3.63) is 29.8 Å². The summed E-state index contributed by atoms with van der Waals surface area (Å²) in [6, 6.07) is 7.59. The number of ether oxygens (including phenoxy) is 1. The van der Waals surface area contributed by atoms with Gasteiger partial charge in [0.05, 0.1) is 13.5 Å². The number of rotatable bonds is 6. The minimum Gasteiger partial charge on any atom is -0.497 e. The van der Waals surface area contributed by atoms with Crippen molar-refractivity contribution in [2.75, 3.05) is 33.3 Å². The Morgan fingerprint density at radius 3 is 2.21 bits per heavy atom. The van der Waals surface area contributed by atoms with Gasteiger partial charge in [-0.15, -0.1) is 0 Å². The number of hydrogen-bond acceptors (Lipinski definition) is 3. The van der Waals surface area contributed by atoms with Gasteiger partial charge in [-0.3, -0.25) is 9.59 Å². The molecule has 0 unspecified atom stereocenters. The maximum atomic E-state index is 12.4. The van der Waals surface area contributed by atoms with Gasteiger partial charge in [0.15, 0.2) is 0 Å². The quantitative estimate of drug-likeness (QED) is 0.803. The van der Waals surface area contributed by atoms with Crippen LogP contribution in [0, 0.1) is 5.92 Å². The van der Waals surface area contributed by atoms with Gasteiger partial charge in [0.1, 0.15) is 5.75 Å². The summed E-state index contributed by atoms with van der Waals surface area (Å²) >= 11 is 0. The Labute approximate surface area is 144 Å². The topological polar surface area (TPSA) is 49.9 Å². The lowest BCUT2D eigenvalue weighted by molar-refractivity contribution is -0.140. The van der Waals surface area contributed by atoms with E-state index < -0.39 is 0 Å². The molecule has 132 valence electrons. The lowest BCUT2D eigenvalue weighted by atomic mass is 9.94. The zero-order valence-corrected chi connectivity index (χ0v) is 15.0. The number of amides is 2. The normalized spacial score (nSPS) is 15.2. The van der Waals surface area contributed by atoms with Crippen LogP contribution in [0.15, 0.2) is 24.3 Å². The highest BCUT2D eigenvalue weighted by Gasteiger charge is 2.29. The van der Waals surface area contributed by atoms with Gasteiger partial charge in [-0.2, -0.15) is 0 Å². The molecule has 1 aromatic carbocycles. The van der Waals surface area contributed by atoms with Crippen LogP contribution >= 0.6 is 0 Å². The minimum absolute atomic E-state index is 0.0648. The molecule has 5 heteroatoms. The highest BCUT2D eigenvalue weighted by molar-refractivity contribution is 5.81. The Bertz CT molecular complexity index is 544. The average Bonchev–Trinajstić information content (AvgIpc) is 2.63. The van der Waals surface area contributed by atoms with Gasteiger partial charge in [0, 0.05) is 32.1 Å². The minimum atomic E-state index is 0.0648. The number of hydrogen-bond donors (Lipinski definition) is 0. The SMILES string of the molecule is CCN(CC)C(=O)C1CCN(C(=O)Cc2ccc(OC)cc2)CC1. The summed E-state index contributed by atoms with van der Waals surface area (Å²) in [6.07, 6.45) is 1.94. The number of piperidine rings is 1. The molecule has 1 aromatic rings. The first-order chi connectivity index (χ1) is 11.6. The van der Waals surface area contributed by atoms with Crippen LogP contribution < -0.4 is 4.74 Å². The Hall–Kier alpha value is -2.04. The summed E-state index contributed by atoms with van der Waals surface area (Å²) in [5, 5.41) is 0. The van der Waals surface area contributed by atoms with Crippen molar-refractivity contribution in [3.8, 4) is 5.75 Å². The van der Waals surface area contributed by atoms with E-state index in [1.54, 1.807) is 7.11 Å². The number of carbonyl (C=O) groups excluding carboxylic acids is 2. The van der Waals surface area contributed by atoms with E-state index in [1.807, 2.05) is 47.9 Å². The maximum absolute atomic E-state index is 12.4. The van der Waals surface area contributed by atoms with Crippen molar-refractivity contribution in [1.29, 1.82) is 0 Å². The molecule has 0 saturated carbocycles. The highest BCUT2D eigenvalue weighted by Crippen LogP contribution is 2.21. The highest BCUT2D eigenvalue weighted by atomic mass is 16.5. The summed E-state index contributed by atoms with van der Waals surface area (Å²) in [5.74, 6) is 1.23. The van der Waals surface area contributed by atoms with Crippen LogP contribution in [0.2, 0.25) is 0 Å². The molecule has 0 aliphatic carbocycles. The molecule has 2 rings (SSSR count). The van der Waals surface area contributed by atoms with E-state index in [0.29, 0.717) is 19.5 Å². The second-order valence-electron chi connectivity index (χ2n) is 6.19. The predicted molar refractivity (Wildman–Crippen MR) is 93.9 cm³/mol. The second kappa shape index (κ2) is 8.71. The Kier molecular flexibility index (Phi) is 6.64. The van der Waals surface area contributed by atoms with Gasteiger partial charge in [-0.1, -0.05) is 12.1 Å². The summed E-state index contributed by atoms with van der Waals surface area (Å²) in [7, 11) is 1.63. The fourth-order valence-electron chi connectivity index (χ4n) is 3.20. The molecular weight excluding hydrogens is 304 g/mol. The largest absolute Gasteiger partial charge is 0.497 e. The van der Waals surface area contributed by atoms with Crippen LogP contribution in [0.1, 0.15) is 32.3 Å². The van der Waals surface area contributed by atoms with Crippen molar-refractivity contribution in [3.63, 3.8) is 0 Å².